The summed E-state index contributed by atoms with van der Waals surface area (Å²) in [5.74, 6) is -0.386. The zero-order valence-corrected chi connectivity index (χ0v) is 12.5. The molecule has 22 heavy (non-hydrogen) atoms. The van der Waals surface area contributed by atoms with Crippen molar-refractivity contribution in [3.63, 3.8) is 0 Å². The van der Waals surface area contributed by atoms with Gasteiger partial charge in [0.05, 0.1) is 5.69 Å². The third-order valence-electron chi connectivity index (χ3n) is 4.24. The summed E-state index contributed by atoms with van der Waals surface area (Å²) >= 11 is 0. The lowest BCUT2D eigenvalue weighted by molar-refractivity contribution is 0.0770. The van der Waals surface area contributed by atoms with Gasteiger partial charge in [0.25, 0.3) is 5.91 Å². The van der Waals surface area contributed by atoms with Crippen molar-refractivity contribution in [1.82, 2.24) is 14.7 Å². The van der Waals surface area contributed by atoms with E-state index >= 15 is 0 Å². The maximum atomic E-state index is 12.9. The van der Waals surface area contributed by atoms with Crippen LogP contribution in [0.5, 0.6) is 0 Å². The van der Waals surface area contributed by atoms with Crippen LogP contribution in [0.1, 0.15) is 23.8 Å². The lowest BCUT2D eigenvalue weighted by Crippen LogP contribution is -2.34. The highest BCUT2D eigenvalue weighted by Crippen LogP contribution is 2.29. The number of nitrogens with two attached hydrogens (primary N) is 1. The Labute approximate surface area is 128 Å². The molecular formula is C16H19FN4O. The number of aromatic nitrogens is 2. The van der Waals surface area contributed by atoms with E-state index in [-0.39, 0.29) is 17.1 Å². The minimum atomic E-state index is -0.301. The highest BCUT2D eigenvalue weighted by Gasteiger charge is 2.35. The molecular weight excluding hydrogens is 283 g/mol. The number of hydrogen-bond donors (Lipinski definition) is 1. The standard InChI is InChI=1S/C16H19FN4O/c1-16(10-18)7-9-20(11-16)15(22)14-6-8-21(19-14)13-4-2-12(17)3-5-13/h2-6,8H,7,9-11,18H2,1H3. The molecule has 0 radical (unpaired) electrons. The van der Waals surface area contributed by atoms with Crippen molar-refractivity contribution in [2.75, 3.05) is 19.6 Å². The van der Waals surface area contributed by atoms with Crippen molar-refractivity contribution in [2.24, 2.45) is 11.1 Å². The largest absolute Gasteiger partial charge is 0.337 e. The monoisotopic (exact) mass is 302 g/mol. The maximum absolute atomic E-state index is 12.9. The molecule has 1 aromatic heterocycles. The van der Waals surface area contributed by atoms with Gasteiger partial charge in [0, 0.05) is 19.3 Å². The van der Waals surface area contributed by atoms with Gasteiger partial charge in [-0.25, -0.2) is 9.07 Å². The molecule has 2 aromatic rings. The number of nitrogens with zero attached hydrogens (tertiary/aromatic N) is 3. The normalized spacial score (nSPS) is 21.3. The Balaban J connectivity index is 1.76. The third kappa shape index (κ3) is 2.74. The van der Waals surface area contributed by atoms with Crippen molar-refractivity contribution in [1.29, 1.82) is 0 Å². The van der Waals surface area contributed by atoms with Gasteiger partial charge < -0.3 is 10.6 Å². The molecule has 1 aliphatic heterocycles. The van der Waals surface area contributed by atoms with Gasteiger partial charge in [-0.15, -0.1) is 0 Å². The summed E-state index contributed by atoms with van der Waals surface area (Å²) in [6.07, 6.45) is 2.62. The number of benzene rings is 1. The van der Waals surface area contributed by atoms with Gasteiger partial charge in [-0.05, 0) is 48.7 Å². The quantitative estimate of drug-likeness (QED) is 0.940. The number of carbonyl (C=O) groups is 1. The van der Waals surface area contributed by atoms with Crippen molar-refractivity contribution < 1.29 is 9.18 Å². The summed E-state index contributed by atoms with van der Waals surface area (Å²) in [4.78, 5) is 14.3. The van der Waals surface area contributed by atoms with E-state index in [2.05, 4.69) is 12.0 Å². The van der Waals surface area contributed by atoms with Gasteiger partial charge in [0.15, 0.2) is 5.69 Å². The van der Waals surface area contributed by atoms with E-state index in [1.807, 2.05) is 0 Å². The molecule has 1 aliphatic rings. The SMILES string of the molecule is CC1(CN)CCN(C(=O)c2ccn(-c3ccc(F)cc3)n2)C1. The Hall–Kier alpha value is -2.21. The van der Waals surface area contributed by atoms with Crippen LogP contribution in [0.4, 0.5) is 4.39 Å². The molecule has 1 fully saturated rings. The van der Waals surface area contributed by atoms with Gasteiger partial charge in [0.2, 0.25) is 0 Å². The second kappa shape index (κ2) is 5.53. The van der Waals surface area contributed by atoms with E-state index < -0.39 is 0 Å². The van der Waals surface area contributed by atoms with Crippen LogP contribution in [-0.4, -0.2) is 40.2 Å². The topological polar surface area (TPSA) is 64.2 Å². The van der Waals surface area contributed by atoms with Crippen LogP contribution in [0.3, 0.4) is 0 Å². The van der Waals surface area contributed by atoms with Crippen LogP contribution in [0.2, 0.25) is 0 Å². The first kappa shape index (κ1) is 14.7. The molecule has 1 saturated heterocycles. The average Bonchev–Trinajstić information content (AvgIpc) is 3.15. The lowest BCUT2D eigenvalue weighted by atomic mass is 9.90. The molecule has 0 aliphatic carbocycles. The van der Waals surface area contributed by atoms with Gasteiger partial charge in [-0.2, -0.15) is 5.10 Å². The summed E-state index contributed by atoms with van der Waals surface area (Å²) in [5, 5.41) is 4.30. The fourth-order valence-corrected chi connectivity index (χ4v) is 2.70. The second-order valence-corrected chi connectivity index (χ2v) is 6.11. The Kier molecular flexibility index (Phi) is 3.70. The third-order valence-corrected chi connectivity index (χ3v) is 4.24. The van der Waals surface area contributed by atoms with Crippen LogP contribution in [0.25, 0.3) is 5.69 Å². The molecule has 1 amide bonds. The minimum absolute atomic E-state index is 0.00478. The molecule has 116 valence electrons. The summed E-state index contributed by atoms with van der Waals surface area (Å²) < 4.78 is 14.5. The molecule has 2 N–H and O–H groups in total. The van der Waals surface area contributed by atoms with Crippen molar-refractivity contribution in [2.45, 2.75) is 13.3 Å². The van der Waals surface area contributed by atoms with Crippen molar-refractivity contribution in [3.05, 3.63) is 48.0 Å². The van der Waals surface area contributed by atoms with E-state index in [1.54, 1.807) is 34.0 Å². The number of rotatable bonds is 3. The molecule has 2 heterocycles. The van der Waals surface area contributed by atoms with Crippen LogP contribution >= 0.6 is 0 Å². The van der Waals surface area contributed by atoms with Crippen LogP contribution in [0.15, 0.2) is 36.5 Å². The zero-order valence-electron chi connectivity index (χ0n) is 12.5. The Morgan fingerprint density at radius 2 is 2.09 bits per heavy atom. The smallest absolute Gasteiger partial charge is 0.274 e. The second-order valence-electron chi connectivity index (χ2n) is 6.11. The Morgan fingerprint density at radius 1 is 1.36 bits per heavy atom. The van der Waals surface area contributed by atoms with E-state index in [9.17, 15) is 9.18 Å². The van der Waals surface area contributed by atoms with Gasteiger partial charge in [0.1, 0.15) is 5.82 Å². The van der Waals surface area contributed by atoms with Gasteiger partial charge >= 0.3 is 0 Å². The lowest BCUT2D eigenvalue weighted by Gasteiger charge is -2.22. The molecule has 1 aromatic carbocycles. The Bertz CT molecular complexity index is 682. The zero-order chi connectivity index (χ0) is 15.7. The molecule has 6 heteroatoms. The molecule has 5 nitrogen and oxygen atoms in total. The van der Waals surface area contributed by atoms with Gasteiger partial charge in [-0.1, -0.05) is 6.92 Å². The molecule has 0 spiro atoms. The molecule has 3 rings (SSSR count). The van der Waals surface area contributed by atoms with Crippen molar-refractivity contribution in [3.8, 4) is 5.69 Å². The van der Waals surface area contributed by atoms with E-state index in [0.717, 1.165) is 6.42 Å². The van der Waals surface area contributed by atoms with E-state index in [4.69, 9.17) is 5.73 Å². The number of likely N-dealkylation sites (tertiary alicyclic amines) is 1. The number of hydrogen-bond acceptors (Lipinski definition) is 3. The highest BCUT2D eigenvalue weighted by molar-refractivity contribution is 5.92. The van der Waals surface area contributed by atoms with Gasteiger partial charge in [-0.3, -0.25) is 4.79 Å². The first-order valence-corrected chi connectivity index (χ1v) is 7.32. The first-order valence-electron chi connectivity index (χ1n) is 7.32. The molecule has 0 bridgehead atoms. The van der Waals surface area contributed by atoms with Crippen LogP contribution in [-0.2, 0) is 0 Å². The number of halogens is 1. The number of carbonyl (C=O) groups excluding carboxylic acids is 1. The maximum Gasteiger partial charge on any atom is 0.274 e. The predicted molar refractivity (Wildman–Crippen MR) is 81.2 cm³/mol. The first-order chi connectivity index (χ1) is 10.5. The molecule has 1 unspecified atom stereocenters. The fourth-order valence-electron chi connectivity index (χ4n) is 2.70. The fraction of sp³-hybridized carbons (Fsp3) is 0.375. The Morgan fingerprint density at radius 3 is 2.73 bits per heavy atom. The summed E-state index contributed by atoms with van der Waals surface area (Å²) in [6.45, 7) is 4.03. The van der Waals surface area contributed by atoms with Crippen LogP contribution in [0, 0.1) is 11.2 Å². The average molecular weight is 302 g/mol. The molecule has 1 atom stereocenters. The van der Waals surface area contributed by atoms with E-state index in [0.29, 0.717) is 31.0 Å². The number of amides is 1. The predicted octanol–water partition coefficient (Wildman–Crippen LogP) is 1.82. The molecule has 0 saturated carbocycles. The van der Waals surface area contributed by atoms with E-state index in [1.165, 1.54) is 12.1 Å². The van der Waals surface area contributed by atoms with Crippen LogP contribution < -0.4 is 5.73 Å². The van der Waals surface area contributed by atoms with Crippen molar-refractivity contribution >= 4 is 5.91 Å². The highest BCUT2D eigenvalue weighted by atomic mass is 19.1. The summed E-state index contributed by atoms with van der Waals surface area (Å²) in [7, 11) is 0. The minimum Gasteiger partial charge on any atom is -0.337 e. The summed E-state index contributed by atoms with van der Waals surface area (Å²) in [6, 6.07) is 7.66. The summed E-state index contributed by atoms with van der Waals surface area (Å²) in [5.41, 5.74) is 6.88.